The first-order chi connectivity index (χ1) is 13.0. The first-order valence-electron chi connectivity index (χ1n) is 9.67. The zero-order chi connectivity index (χ0) is 19.3. The zero-order valence-corrected chi connectivity index (χ0v) is 16.2. The van der Waals surface area contributed by atoms with Crippen molar-refractivity contribution < 1.29 is 14.3 Å². The van der Waals surface area contributed by atoms with E-state index < -0.39 is 0 Å². The highest BCUT2D eigenvalue weighted by atomic mass is 16.5. The van der Waals surface area contributed by atoms with Crippen molar-refractivity contribution in [1.29, 1.82) is 0 Å². The lowest BCUT2D eigenvalue weighted by molar-refractivity contribution is -0.145. The minimum Gasteiger partial charge on any atom is -0.489 e. The molecule has 0 aliphatic carbocycles. The fourth-order valence-corrected chi connectivity index (χ4v) is 3.56. The molecule has 0 atom stereocenters. The molecule has 1 saturated heterocycles. The van der Waals surface area contributed by atoms with Crippen molar-refractivity contribution in [2.24, 2.45) is 11.3 Å². The van der Waals surface area contributed by atoms with E-state index >= 15 is 0 Å². The van der Waals surface area contributed by atoms with Crippen LogP contribution in [0, 0.1) is 11.3 Å². The lowest BCUT2D eigenvalue weighted by atomic mass is 9.77. The normalized spacial score (nSPS) is 21.7. The Hall–Kier alpha value is -2.34. The Labute approximate surface area is 161 Å². The maximum atomic E-state index is 13.2. The number of benzene rings is 1. The summed E-state index contributed by atoms with van der Waals surface area (Å²) in [4.78, 5) is 27.7. The SMILES string of the molecule is CC(C)CN1CCNC(=O)c2ccccc2OC/C=C\CC2(CNC2)C1=O. The Morgan fingerprint density at radius 3 is 2.67 bits per heavy atom. The van der Waals surface area contributed by atoms with E-state index in [-0.39, 0.29) is 17.2 Å². The van der Waals surface area contributed by atoms with Gasteiger partial charge < -0.3 is 20.3 Å². The number of hydrogen-bond acceptors (Lipinski definition) is 4. The van der Waals surface area contributed by atoms with Crippen LogP contribution in [-0.2, 0) is 4.79 Å². The second kappa shape index (κ2) is 8.57. The van der Waals surface area contributed by atoms with Crippen molar-refractivity contribution in [2.45, 2.75) is 20.3 Å². The molecule has 1 aromatic carbocycles. The number of amides is 2. The van der Waals surface area contributed by atoms with E-state index in [0.29, 0.717) is 63.0 Å². The number of nitrogens with one attached hydrogen (secondary N) is 2. The van der Waals surface area contributed by atoms with Crippen LogP contribution in [0.15, 0.2) is 36.4 Å². The lowest BCUT2D eigenvalue weighted by Gasteiger charge is -2.44. The third kappa shape index (κ3) is 4.50. The van der Waals surface area contributed by atoms with E-state index in [1.807, 2.05) is 29.2 Å². The number of ether oxygens (including phenoxy) is 1. The van der Waals surface area contributed by atoms with Gasteiger partial charge in [-0.15, -0.1) is 0 Å². The third-order valence-electron chi connectivity index (χ3n) is 5.06. The molecule has 146 valence electrons. The van der Waals surface area contributed by atoms with Gasteiger partial charge in [0.05, 0.1) is 11.0 Å². The highest BCUT2D eigenvalue weighted by Gasteiger charge is 2.45. The van der Waals surface area contributed by atoms with Gasteiger partial charge in [-0.2, -0.15) is 0 Å². The fraction of sp³-hybridized carbons (Fsp3) is 0.524. The van der Waals surface area contributed by atoms with Crippen LogP contribution in [0.5, 0.6) is 5.75 Å². The van der Waals surface area contributed by atoms with E-state index in [2.05, 4.69) is 24.5 Å². The van der Waals surface area contributed by atoms with Crippen LogP contribution in [0.25, 0.3) is 0 Å². The molecule has 2 aliphatic rings. The molecule has 0 saturated carbocycles. The standard InChI is InChI=1S/C21H29N3O3/c1-16(2)13-24-11-10-23-19(25)17-7-3-4-8-18(17)27-12-6-5-9-21(20(24)26)14-22-15-21/h3-8,16,22H,9-15H2,1-2H3,(H,23,25)/b6-5-. The van der Waals surface area contributed by atoms with Crippen LogP contribution in [0.3, 0.4) is 0 Å². The molecule has 2 amide bonds. The monoisotopic (exact) mass is 371 g/mol. The minimum atomic E-state index is -0.378. The summed E-state index contributed by atoms with van der Waals surface area (Å²) in [6.45, 7) is 7.61. The Kier molecular flexibility index (Phi) is 6.16. The third-order valence-corrected chi connectivity index (χ3v) is 5.06. The summed E-state index contributed by atoms with van der Waals surface area (Å²) in [5.41, 5.74) is 0.140. The largest absolute Gasteiger partial charge is 0.489 e. The Bertz CT molecular complexity index is 710. The van der Waals surface area contributed by atoms with E-state index in [1.165, 1.54) is 0 Å². The molecule has 3 rings (SSSR count). The van der Waals surface area contributed by atoms with Gasteiger partial charge >= 0.3 is 0 Å². The Morgan fingerprint density at radius 2 is 1.96 bits per heavy atom. The molecule has 1 spiro atoms. The minimum absolute atomic E-state index is 0.173. The average molecular weight is 371 g/mol. The number of carbonyl (C=O) groups is 2. The molecule has 27 heavy (non-hydrogen) atoms. The lowest BCUT2D eigenvalue weighted by Crippen LogP contribution is -2.62. The summed E-state index contributed by atoms with van der Waals surface area (Å²) in [5, 5.41) is 6.18. The Balaban J connectivity index is 1.83. The summed E-state index contributed by atoms with van der Waals surface area (Å²) in [6, 6.07) is 7.24. The molecule has 2 heterocycles. The Morgan fingerprint density at radius 1 is 1.19 bits per heavy atom. The molecule has 0 unspecified atom stereocenters. The van der Waals surface area contributed by atoms with Gasteiger partial charge in [0.1, 0.15) is 12.4 Å². The van der Waals surface area contributed by atoms with Crippen LogP contribution in [0.1, 0.15) is 30.6 Å². The predicted molar refractivity (Wildman–Crippen MR) is 105 cm³/mol. The maximum absolute atomic E-state index is 13.2. The number of para-hydroxylation sites is 1. The first-order valence-corrected chi connectivity index (χ1v) is 9.67. The van der Waals surface area contributed by atoms with Crippen LogP contribution >= 0.6 is 0 Å². The number of allylic oxidation sites excluding steroid dienone is 1. The predicted octanol–water partition coefficient (Wildman–Crippen LogP) is 1.83. The topological polar surface area (TPSA) is 70.7 Å². The van der Waals surface area contributed by atoms with E-state index in [9.17, 15) is 9.59 Å². The van der Waals surface area contributed by atoms with Gasteiger partial charge in [0.15, 0.2) is 0 Å². The van der Waals surface area contributed by atoms with Crippen LogP contribution < -0.4 is 15.4 Å². The van der Waals surface area contributed by atoms with Crippen molar-refractivity contribution in [2.75, 3.05) is 39.3 Å². The molecular formula is C21H29N3O3. The molecule has 1 aromatic rings. The van der Waals surface area contributed by atoms with Crippen molar-refractivity contribution in [3.8, 4) is 5.75 Å². The van der Waals surface area contributed by atoms with Gasteiger partial charge in [0.2, 0.25) is 5.91 Å². The molecule has 0 radical (unpaired) electrons. The fourth-order valence-electron chi connectivity index (χ4n) is 3.56. The van der Waals surface area contributed by atoms with Crippen LogP contribution in [-0.4, -0.2) is 56.0 Å². The molecule has 6 heteroatoms. The first kappa shape index (κ1) is 19.4. The van der Waals surface area contributed by atoms with E-state index in [4.69, 9.17) is 4.74 Å². The summed E-state index contributed by atoms with van der Waals surface area (Å²) in [6.07, 6.45) is 4.66. The summed E-state index contributed by atoms with van der Waals surface area (Å²) >= 11 is 0. The second-order valence-electron chi connectivity index (χ2n) is 7.77. The van der Waals surface area contributed by atoms with Crippen LogP contribution in [0.4, 0.5) is 0 Å². The molecular weight excluding hydrogens is 342 g/mol. The number of rotatable bonds is 2. The number of nitrogens with zero attached hydrogens (tertiary/aromatic N) is 1. The van der Waals surface area contributed by atoms with Gasteiger partial charge in [0.25, 0.3) is 5.91 Å². The molecule has 6 nitrogen and oxygen atoms in total. The quantitative estimate of drug-likeness (QED) is 0.778. The van der Waals surface area contributed by atoms with Crippen molar-refractivity contribution in [3.05, 3.63) is 42.0 Å². The van der Waals surface area contributed by atoms with Crippen molar-refractivity contribution >= 4 is 11.8 Å². The van der Waals surface area contributed by atoms with E-state index in [1.54, 1.807) is 12.1 Å². The molecule has 2 aliphatic heterocycles. The zero-order valence-electron chi connectivity index (χ0n) is 16.2. The summed E-state index contributed by atoms with van der Waals surface area (Å²) in [7, 11) is 0. The van der Waals surface area contributed by atoms with Gasteiger partial charge in [-0.3, -0.25) is 9.59 Å². The van der Waals surface area contributed by atoms with Gasteiger partial charge in [0, 0.05) is 32.7 Å². The van der Waals surface area contributed by atoms with Crippen molar-refractivity contribution in [1.82, 2.24) is 15.5 Å². The maximum Gasteiger partial charge on any atom is 0.255 e. The smallest absolute Gasteiger partial charge is 0.255 e. The molecule has 1 fully saturated rings. The number of hydrogen-bond donors (Lipinski definition) is 2. The van der Waals surface area contributed by atoms with Gasteiger partial charge in [-0.1, -0.05) is 38.1 Å². The summed E-state index contributed by atoms with van der Waals surface area (Å²) in [5.74, 6) is 0.945. The van der Waals surface area contributed by atoms with Gasteiger partial charge in [-0.05, 0) is 24.5 Å². The van der Waals surface area contributed by atoms with Crippen molar-refractivity contribution in [3.63, 3.8) is 0 Å². The second-order valence-corrected chi connectivity index (χ2v) is 7.77. The molecule has 0 bridgehead atoms. The highest BCUT2D eigenvalue weighted by Crippen LogP contribution is 2.31. The van der Waals surface area contributed by atoms with E-state index in [0.717, 1.165) is 0 Å². The number of carbonyl (C=O) groups excluding carboxylic acids is 2. The average Bonchev–Trinajstić information content (AvgIpc) is 2.61. The highest BCUT2D eigenvalue weighted by molar-refractivity contribution is 5.97. The molecule has 2 N–H and O–H groups in total. The van der Waals surface area contributed by atoms with Gasteiger partial charge in [-0.25, -0.2) is 0 Å². The number of fused-ring (bicyclic) bond motifs is 1. The summed E-state index contributed by atoms with van der Waals surface area (Å²) < 4.78 is 5.76. The van der Waals surface area contributed by atoms with Crippen LogP contribution in [0.2, 0.25) is 0 Å². The molecule has 0 aromatic heterocycles.